The zero-order valence-corrected chi connectivity index (χ0v) is 19.7. The highest BCUT2D eigenvalue weighted by Crippen LogP contribution is 2.48. The number of nitrogens with zero attached hydrogens (tertiary/aromatic N) is 2. The highest BCUT2D eigenvalue weighted by molar-refractivity contribution is 5.67. The maximum absolute atomic E-state index is 13.3. The topological polar surface area (TPSA) is 54.8 Å². The molecule has 37 heavy (non-hydrogen) atoms. The van der Waals surface area contributed by atoms with Crippen molar-refractivity contribution in [3.63, 3.8) is 0 Å². The zero-order chi connectivity index (χ0) is 26.8. The first kappa shape index (κ1) is 26.6. The first-order chi connectivity index (χ1) is 17.4. The molecule has 2 heterocycles. The van der Waals surface area contributed by atoms with Crippen LogP contribution in [0.25, 0.3) is 0 Å². The minimum atomic E-state index is -4.88. The number of aliphatic hydroxyl groups is 1. The van der Waals surface area contributed by atoms with E-state index in [1.54, 1.807) is 49.4 Å². The van der Waals surface area contributed by atoms with Gasteiger partial charge in [0.25, 0.3) is 0 Å². The standard InChI is InChI=1S/C26H24F6N2O3/c1-2-36-23-13-18(10-11-33-23)24(14-17-6-5-7-19(12-17)37-26(30,31)32)16-34(15-22(35)25(27,28)29)21-9-4-3-8-20(21)24/h3-13,22,35H,2,14-16H2,1H3. The van der Waals surface area contributed by atoms with Crippen LogP contribution in [0, 0.1) is 0 Å². The van der Waals surface area contributed by atoms with E-state index in [1.807, 2.05) is 0 Å². The van der Waals surface area contributed by atoms with Gasteiger partial charge in [0.1, 0.15) is 5.75 Å². The zero-order valence-electron chi connectivity index (χ0n) is 19.7. The van der Waals surface area contributed by atoms with Gasteiger partial charge in [-0.15, -0.1) is 13.2 Å². The van der Waals surface area contributed by atoms with Crippen molar-refractivity contribution >= 4 is 5.69 Å². The molecule has 1 aliphatic rings. The molecule has 0 fully saturated rings. The van der Waals surface area contributed by atoms with Crippen LogP contribution in [0.3, 0.4) is 0 Å². The number of alkyl halides is 6. The fourth-order valence-electron chi connectivity index (χ4n) is 4.76. The highest BCUT2D eigenvalue weighted by atomic mass is 19.4. The van der Waals surface area contributed by atoms with E-state index in [9.17, 15) is 31.4 Å². The van der Waals surface area contributed by atoms with Crippen molar-refractivity contribution in [1.29, 1.82) is 0 Å². The molecule has 0 bridgehead atoms. The number of halogens is 6. The summed E-state index contributed by atoms with van der Waals surface area (Å²) >= 11 is 0. The predicted molar refractivity (Wildman–Crippen MR) is 124 cm³/mol. The lowest BCUT2D eigenvalue weighted by Crippen LogP contribution is -2.44. The Morgan fingerprint density at radius 2 is 1.78 bits per heavy atom. The molecule has 3 aromatic rings. The molecule has 1 N–H and O–H groups in total. The number of benzene rings is 2. The summed E-state index contributed by atoms with van der Waals surface area (Å²) < 4.78 is 87.9. The van der Waals surface area contributed by atoms with E-state index in [4.69, 9.17) is 4.74 Å². The molecule has 1 aliphatic heterocycles. The molecule has 4 rings (SSSR count). The molecule has 11 heteroatoms. The number of ether oxygens (including phenoxy) is 2. The van der Waals surface area contributed by atoms with Crippen molar-refractivity contribution in [1.82, 2.24) is 4.98 Å². The van der Waals surface area contributed by atoms with E-state index in [2.05, 4.69) is 9.72 Å². The second kappa shape index (κ2) is 10.1. The van der Waals surface area contributed by atoms with Gasteiger partial charge in [-0.2, -0.15) is 13.2 Å². The second-order valence-corrected chi connectivity index (χ2v) is 8.72. The third kappa shape index (κ3) is 5.93. The Bertz CT molecular complexity index is 1230. The number of hydrogen-bond acceptors (Lipinski definition) is 5. The van der Waals surface area contributed by atoms with Crippen molar-refractivity contribution in [2.45, 2.75) is 37.4 Å². The van der Waals surface area contributed by atoms with E-state index in [1.165, 1.54) is 29.3 Å². The Labute approximate surface area is 209 Å². The summed E-state index contributed by atoms with van der Waals surface area (Å²) in [6.45, 7) is 1.43. The summed E-state index contributed by atoms with van der Waals surface area (Å²) in [7, 11) is 0. The Kier molecular flexibility index (Phi) is 7.27. The average molecular weight is 526 g/mol. The molecule has 0 saturated carbocycles. The Balaban J connectivity index is 1.82. The van der Waals surface area contributed by atoms with E-state index < -0.39 is 36.4 Å². The Morgan fingerprint density at radius 3 is 2.49 bits per heavy atom. The Morgan fingerprint density at radius 1 is 1.03 bits per heavy atom. The maximum Gasteiger partial charge on any atom is 0.573 e. The van der Waals surface area contributed by atoms with Crippen LogP contribution in [0.15, 0.2) is 66.9 Å². The molecular formula is C26H24F6N2O3. The van der Waals surface area contributed by atoms with Crippen LogP contribution in [-0.4, -0.2) is 48.4 Å². The summed E-state index contributed by atoms with van der Waals surface area (Å²) in [6, 6.07) is 15.7. The molecule has 0 saturated heterocycles. The smallest absolute Gasteiger partial charge is 0.478 e. The number of pyridine rings is 1. The molecule has 1 aromatic heterocycles. The largest absolute Gasteiger partial charge is 0.573 e. The van der Waals surface area contributed by atoms with E-state index in [0.717, 1.165) is 0 Å². The van der Waals surface area contributed by atoms with Gasteiger partial charge in [-0.3, -0.25) is 0 Å². The van der Waals surface area contributed by atoms with E-state index >= 15 is 0 Å². The Hall–Kier alpha value is -3.47. The number of β-amino-alcohol motifs (C(OH)–C–C–N with tert-alkyl or cyclic N) is 1. The second-order valence-electron chi connectivity index (χ2n) is 8.72. The fourth-order valence-corrected chi connectivity index (χ4v) is 4.76. The van der Waals surface area contributed by atoms with Gasteiger partial charge in [0, 0.05) is 29.9 Å². The number of rotatable bonds is 8. The molecule has 0 aliphatic carbocycles. The number of fused-ring (bicyclic) bond motifs is 1. The van der Waals surface area contributed by atoms with Gasteiger partial charge in [-0.05, 0) is 54.3 Å². The molecule has 2 unspecified atom stereocenters. The van der Waals surface area contributed by atoms with Gasteiger partial charge in [0.2, 0.25) is 5.88 Å². The minimum absolute atomic E-state index is 0.0272. The summed E-state index contributed by atoms with van der Waals surface area (Å²) in [5, 5.41) is 9.84. The van der Waals surface area contributed by atoms with Gasteiger partial charge in [0.05, 0.1) is 13.2 Å². The van der Waals surface area contributed by atoms with Crippen LogP contribution < -0.4 is 14.4 Å². The normalized spacial score (nSPS) is 18.4. The number of anilines is 1. The quantitative estimate of drug-likeness (QED) is 0.385. The van der Waals surface area contributed by atoms with Crippen molar-refractivity contribution < 1.29 is 40.9 Å². The van der Waals surface area contributed by atoms with Crippen LogP contribution in [0.5, 0.6) is 11.6 Å². The number of para-hydroxylation sites is 1. The lowest BCUT2D eigenvalue weighted by atomic mass is 9.72. The average Bonchev–Trinajstić information content (AvgIpc) is 3.12. The third-order valence-corrected chi connectivity index (χ3v) is 6.21. The maximum atomic E-state index is 13.3. The fraction of sp³-hybridized carbons (Fsp3) is 0.346. The summed E-state index contributed by atoms with van der Waals surface area (Å²) in [6.07, 6.45) is -10.6. The van der Waals surface area contributed by atoms with Crippen molar-refractivity contribution in [3.8, 4) is 11.6 Å². The third-order valence-electron chi connectivity index (χ3n) is 6.21. The molecule has 0 radical (unpaired) electrons. The lowest BCUT2D eigenvalue weighted by Gasteiger charge is -2.33. The monoisotopic (exact) mass is 526 g/mol. The number of aliphatic hydroxyl groups excluding tert-OH is 1. The molecule has 0 spiro atoms. The summed E-state index contributed by atoms with van der Waals surface area (Å²) in [5.74, 6) is -0.0969. The van der Waals surface area contributed by atoms with E-state index in [-0.39, 0.29) is 13.0 Å². The van der Waals surface area contributed by atoms with Gasteiger partial charge >= 0.3 is 12.5 Å². The summed E-state index contributed by atoms with van der Waals surface area (Å²) in [5.41, 5.74) is 1.30. The molecule has 0 amide bonds. The van der Waals surface area contributed by atoms with Crippen LogP contribution in [0.1, 0.15) is 23.6 Å². The molecule has 2 atom stereocenters. The van der Waals surface area contributed by atoms with Gasteiger partial charge in [0.15, 0.2) is 6.10 Å². The van der Waals surface area contributed by atoms with Crippen LogP contribution in [0.4, 0.5) is 32.0 Å². The van der Waals surface area contributed by atoms with Crippen LogP contribution in [-0.2, 0) is 11.8 Å². The highest BCUT2D eigenvalue weighted by Gasteiger charge is 2.47. The number of aromatic nitrogens is 1. The molecule has 2 aromatic carbocycles. The van der Waals surface area contributed by atoms with Crippen LogP contribution in [0.2, 0.25) is 0 Å². The first-order valence-electron chi connectivity index (χ1n) is 11.4. The summed E-state index contributed by atoms with van der Waals surface area (Å²) in [4.78, 5) is 5.63. The first-order valence-corrected chi connectivity index (χ1v) is 11.4. The van der Waals surface area contributed by atoms with Crippen molar-refractivity contribution in [3.05, 3.63) is 83.6 Å². The van der Waals surface area contributed by atoms with Gasteiger partial charge < -0.3 is 19.5 Å². The van der Waals surface area contributed by atoms with Gasteiger partial charge in [-0.25, -0.2) is 4.98 Å². The lowest BCUT2D eigenvalue weighted by molar-refractivity contribution is -0.274. The SMILES string of the molecule is CCOc1cc(C2(Cc3cccc(OC(F)(F)F)c3)CN(CC(O)C(F)(F)F)c3ccccc32)ccn1. The van der Waals surface area contributed by atoms with Gasteiger partial charge in [-0.1, -0.05) is 30.3 Å². The predicted octanol–water partition coefficient (Wildman–Crippen LogP) is 5.65. The van der Waals surface area contributed by atoms with E-state index in [0.29, 0.717) is 34.9 Å². The number of hydrogen-bond donors (Lipinski definition) is 1. The van der Waals surface area contributed by atoms with Crippen LogP contribution >= 0.6 is 0 Å². The minimum Gasteiger partial charge on any atom is -0.478 e. The molecular weight excluding hydrogens is 502 g/mol. The molecule has 198 valence electrons. The molecule has 5 nitrogen and oxygen atoms in total. The van der Waals surface area contributed by atoms with Crippen molar-refractivity contribution in [2.24, 2.45) is 0 Å². The van der Waals surface area contributed by atoms with Crippen molar-refractivity contribution in [2.75, 3.05) is 24.6 Å².